The lowest BCUT2D eigenvalue weighted by atomic mass is 10.0. The molecule has 1 nitrogen and oxygen atoms in total. The Kier molecular flexibility index (Phi) is 8.59. The first-order chi connectivity index (χ1) is 8.52. The summed E-state index contributed by atoms with van der Waals surface area (Å²) in [6, 6.07) is 10.5. The molecule has 0 fully saturated rings. The molecule has 0 saturated carbocycles. The van der Waals surface area contributed by atoms with Crippen LogP contribution in [0.1, 0.15) is 32.3 Å². The zero-order valence-corrected chi connectivity index (χ0v) is 11.8. The van der Waals surface area contributed by atoms with E-state index in [2.05, 4.69) is 51.3 Å². The van der Waals surface area contributed by atoms with Crippen LogP contribution in [0.4, 0.5) is 0 Å². The Hall–Kier alpha value is -1.60. The molecule has 0 spiro atoms. The van der Waals surface area contributed by atoms with Gasteiger partial charge in [-0.3, -0.25) is 0 Å². The largest absolute Gasteiger partial charge is 0.326 e. The molecule has 2 N–H and O–H groups in total. The van der Waals surface area contributed by atoms with Crippen molar-refractivity contribution in [3.05, 3.63) is 72.4 Å². The predicted octanol–water partition coefficient (Wildman–Crippen LogP) is 4.44. The Morgan fingerprint density at radius 3 is 2.06 bits per heavy atom. The molecule has 0 unspecified atom stereocenters. The van der Waals surface area contributed by atoms with Gasteiger partial charge >= 0.3 is 0 Å². The summed E-state index contributed by atoms with van der Waals surface area (Å²) < 4.78 is 0. The van der Waals surface area contributed by atoms with Crippen LogP contribution in [0.25, 0.3) is 0 Å². The second-order valence-corrected chi connectivity index (χ2v) is 4.48. The van der Waals surface area contributed by atoms with Crippen molar-refractivity contribution in [3.8, 4) is 0 Å². The molecule has 0 radical (unpaired) electrons. The monoisotopic (exact) mass is 243 g/mol. The van der Waals surface area contributed by atoms with Crippen LogP contribution in [-0.4, -0.2) is 6.54 Å². The predicted molar refractivity (Wildman–Crippen MR) is 82.7 cm³/mol. The molecule has 18 heavy (non-hydrogen) atoms. The molecule has 1 heteroatoms. The highest BCUT2D eigenvalue weighted by Gasteiger charge is 1.93. The minimum atomic E-state index is 0.543. The van der Waals surface area contributed by atoms with E-state index in [1.807, 2.05) is 19.1 Å². The van der Waals surface area contributed by atoms with Gasteiger partial charge in [0.15, 0.2) is 0 Å². The Morgan fingerprint density at radius 1 is 1.28 bits per heavy atom. The smallest absolute Gasteiger partial charge is 0.0180 e. The first kappa shape index (κ1) is 16.4. The molecule has 0 aromatic heterocycles. The third-order valence-corrected chi connectivity index (χ3v) is 2.55. The van der Waals surface area contributed by atoms with Crippen LogP contribution < -0.4 is 5.73 Å². The third kappa shape index (κ3) is 6.87. The number of hydrogen-bond acceptors (Lipinski definition) is 1. The summed E-state index contributed by atoms with van der Waals surface area (Å²) in [5, 5.41) is 0. The molecule has 1 aromatic carbocycles. The van der Waals surface area contributed by atoms with E-state index >= 15 is 0 Å². The van der Waals surface area contributed by atoms with E-state index in [1.54, 1.807) is 6.08 Å². The lowest BCUT2D eigenvalue weighted by molar-refractivity contribution is 0.867. The second-order valence-electron chi connectivity index (χ2n) is 4.48. The molecule has 0 saturated heterocycles. The number of benzene rings is 1. The number of nitrogens with two attached hydrogens (primary N) is 1. The highest BCUT2D eigenvalue weighted by molar-refractivity contribution is 5.30. The van der Waals surface area contributed by atoms with Gasteiger partial charge in [0.25, 0.3) is 0 Å². The van der Waals surface area contributed by atoms with Crippen LogP contribution >= 0.6 is 0 Å². The van der Waals surface area contributed by atoms with E-state index in [4.69, 9.17) is 5.73 Å². The molecule has 1 aromatic rings. The van der Waals surface area contributed by atoms with Gasteiger partial charge in [0.05, 0.1) is 0 Å². The SMILES string of the molecule is C=C/C=C(/CN)C(=C)C.CC(C)c1ccccc1. The van der Waals surface area contributed by atoms with Crippen molar-refractivity contribution < 1.29 is 0 Å². The van der Waals surface area contributed by atoms with Crippen molar-refractivity contribution in [2.24, 2.45) is 5.73 Å². The van der Waals surface area contributed by atoms with Gasteiger partial charge in [-0.25, -0.2) is 0 Å². The van der Waals surface area contributed by atoms with Crippen LogP contribution in [0.15, 0.2) is 66.8 Å². The van der Waals surface area contributed by atoms with Crippen LogP contribution in [0.3, 0.4) is 0 Å². The maximum Gasteiger partial charge on any atom is 0.0180 e. The molecule has 0 bridgehead atoms. The average molecular weight is 243 g/mol. The normalized spacial score (nSPS) is 10.6. The van der Waals surface area contributed by atoms with Gasteiger partial charge in [0.1, 0.15) is 0 Å². The van der Waals surface area contributed by atoms with E-state index in [1.165, 1.54) is 5.56 Å². The van der Waals surface area contributed by atoms with Crippen molar-refractivity contribution in [1.29, 1.82) is 0 Å². The molecule has 0 aliphatic heterocycles. The number of hydrogen-bond donors (Lipinski definition) is 1. The summed E-state index contributed by atoms with van der Waals surface area (Å²) in [4.78, 5) is 0. The molecular weight excluding hydrogens is 218 g/mol. The lowest BCUT2D eigenvalue weighted by Crippen LogP contribution is -2.02. The van der Waals surface area contributed by atoms with Gasteiger partial charge in [-0.2, -0.15) is 0 Å². The fourth-order valence-corrected chi connectivity index (χ4v) is 1.36. The van der Waals surface area contributed by atoms with Crippen LogP contribution in [0.5, 0.6) is 0 Å². The van der Waals surface area contributed by atoms with Gasteiger partial charge in [0.2, 0.25) is 0 Å². The summed E-state index contributed by atoms with van der Waals surface area (Å²) in [6.45, 7) is 14.2. The quantitative estimate of drug-likeness (QED) is 0.777. The molecule has 0 heterocycles. The summed E-state index contributed by atoms with van der Waals surface area (Å²) in [7, 11) is 0. The van der Waals surface area contributed by atoms with Crippen molar-refractivity contribution in [2.45, 2.75) is 26.7 Å². The first-order valence-corrected chi connectivity index (χ1v) is 6.25. The molecule has 1 rings (SSSR count). The molecule has 0 aliphatic carbocycles. The van der Waals surface area contributed by atoms with E-state index in [0.717, 1.165) is 11.1 Å². The topological polar surface area (TPSA) is 26.0 Å². The highest BCUT2D eigenvalue weighted by atomic mass is 14.5. The highest BCUT2D eigenvalue weighted by Crippen LogP contribution is 2.11. The molecular formula is C17H25N. The zero-order chi connectivity index (χ0) is 14.0. The Balaban J connectivity index is 0.000000321. The summed E-state index contributed by atoms with van der Waals surface area (Å²) in [5.74, 6) is 0.659. The van der Waals surface area contributed by atoms with Gasteiger partial charge in [-0.15, -0.1) is 0 Å². The van der Waals surface area contributed by atoms with E-state index in [-0.39, 0.29) is 0 Å². The van der Waals surface area contributed by atoms with Crippen molar-refractivity contribution >= 4 is 0 Å². The standard InChI is InChI=1S/C9H12.C8H13N/c1-8(2)9-6-4-3-5-7-9;1-4-5-8(6-9)7(2)3/h3-8H,1-2H3;4-5H,1-2,6,9H2,3H3/b;8-5-. The Bertz CT molecular complexity index is 385. The van der Waals surface area contributed by atoms with E-state index < -0.39 is 0 Å². The van der Waals surface area contributed by atoms with Gasteiger partial charge in [-0.1, -0.05) is 75.1 Å². The number of rotatable bonds is 4. The van der Waals surface area contributed by atoms with Gasteiger partial charge < -0.3 is 5.73 Å². The number of allylic oxidation sites excluding steroid dienone is 2. The Labute approximate surface area is 112 Å². The summed E-state index contributed by atoms with van der Waals surface area (Å²) >= 11 is 0. The maximum atomic E-state index is 5.38. The maximum absolute atomic E-state index is 5.38. The molecule has 0 aliphatic rings. The van der Waals surface area contributed by atoms with Crippen molar-refractivity contribution in [3.63, 3.8) is 0 Å². The van der Waals surface area contributed by atoms with Gasteiger partial charge in [-0.05, 0) is 24.0 Å². The fourth-order valence-electron chi connectivity index (χ4n) is 1.36. The minimum absolute atomic E-state index is 0.543. The van der Waals surface area contributed by atoms with E-state index in [9.17, 15) is 0 Å². The van der Waals surface area contributed by atoms with Gasteiger partial charge in [0, 0.05) is 6.54 Å². The minimum Gasteiger partial charge on any atom is -0.326 e. The Morgan fingerprint density at radius 2 is 1.83 bits per heavy atom. The van der Waals surface area contributed by atoms with Crippen LogP contribution in [-0.2, 0) is 0 Å². The van der Waals surface area contributed by atoms with Crippen molar-refractivity contribution in [2.75, 3.05) is 6.54 Å². The zero-order valence-electron chi connectivity index (χ0n) is 11.8. The van der Waals surface area contributed by atoms with Crippen LogP contribution in [0.2, 0.25) is 0 Å². The average Bonchev–Trinajstić information content (AvgIpc) is 2.37. The van der Waals surface area contributed by atoms with E-state index in [0.29, 0.717) is 12.5 Å². The second kappa shape index (κ2) is 9.43. The third-order valence-electron chi connectivity index (χ3n) is 2.55. The van der Waals surface area contributed by atoms with Crippen LogP contribution in [0, 0.1) is 0 Å². The molecule has 98 valence electrons. The fraction of sp³-hybridized carbons (Fsp3) is 0.294. The molecule has 0 atom stereocenters. The lowest BCUT2D eigenvalue weighted by Gasteiger charge is -2.01. The molecule has 0 amide bonds. The first-order valence-electron chi connectivity index (χ1n) is 6.25. The summed E-state index contributed by atoms with van der Waals surface area (Å²) in [6.07, 6.45) is 3.60. The van der Waals surface area contributed by atoms with Crippen molar-refractivity contribution in [1.82, 2.24) is 0 Å². The summed E-state index contributed by atoms with van der Waals surface area (Å²) in [5.41, 5.74) is 8.87.